The lowest BCUT2D eigenvalue weighted by molar-refractivity contribution is 0.0450. The minimum atomic E-state index is 0.642. The van der Waals surface area contributed by atoms with Crippen molar-refractivity contribution >= 4 is 0 Å². The van der Waals surface area contributed by atoms with Crippen LogP contribution in [0.5, 0.6) is 0 Å². The highest BCUT2D eigenvalue weighted by atomic mass is 15.3. The summed E-state index contributed by atoms with van der Waals surface area (Å²) < 4.78 is 0. The fourth-order valence-corrected chi connectivity index (χ4v) is 5.01. The Morgan fingerprint density at radius 1 is 0.800 bits per heavy atom. The number of piperazine rings is 1. The van der Waals surface area contributed by atoms with Crippen molar-refractivity contribution in [2.75, 3.05) is 45.8 Å². The predicted octanol–water partition coefficient (Wildman–Crippen LogP) is 1.72. The van der Waals surface area contributed by atoms with Gasteiger partial charge in [0.1, 0.15) is 0 Å². The second-order valence-electron chi connectivity index (χ2n) is 8.07. The highest BCUT2D eigenvalue weighted by molar-refractivity contribution is 5.16. The third kappa shape index (κ3) is 4.62. The quantitative estimate of drug-likeness (QED) is 0.872. The lowest BCUT2D eigenvalue weighted by Crippen LogP contribution is -2.57. The van der Waals surface area contributed by atoms with Crippen molar-refractivity contribution < 1.29 is 0 Å². The summed E-state index contributed by atoms with van der Waals surface area (Å²) in [6, 6.07) is 13.2. The molecule has 0 saturated carbocycles. The van der Waals surface area contributed by atoms with E-state index in [1.54, 1.807) is 0 Å². The van der Waals surface area contributed by atoms with Crippen LogP contribution < -0.4 is 10.6 Å². The lowest BCUT2D eigenvalue weighted by Gasteiger charge is -2.45. The SMILES string of the molecule is c1ccc(CC2CC(N3CCN(C4CCNCC4)CC3)CCN2)cc1. The fourth-order valence-electron chi connectivity index (χ4n) is 5.01. The van der Waals surface area contributed by atoms with Gasteiger partial charge in [-0.15, -0.1) is 0 Å². The molecule has 3 fully saturated rings. The van der Waals surface area contributed by atoms with Gasteiger partial charge in [-0.1, -0.05) is 30.3 Å². The molecule has 138 valence electrons. The molecule has 3 aliphatic heterocycles. The van der Waals surface area contributed by atoms with E-state index in [9.17, 15) is 0 Å². The van der Waals surface area contributed by atoms with E-state index in [2.05, 4.69) is 50.8 Å². The van der Waals surface area contributed by atoms with Gasteiger partial charge in [0.2, 0.25) is 0 Å². The predicted molar refractivity (Wildman–Crippen MR) is 104 cm³/mol. The van der Waals surface area contributed by atoms with Gasteiger partial charge in [-0.05, 0) is 57.3 Å². The number of nitrogens with zero attached hydrogens (tertiary/aromatic N) is 2. The van der Waals surface area contributed by atoms with Crippen LogP contribution in [0.1, 0.15) is 31.2 Å². The highest BCUT2D eigenvalue weighted by Crippen LogP contribution is 2.22. The lowest BCUT2D eigenvalue weighted by atomic mass is 9.92. The first-order chi connectivity index (χ1) is 12.4. The van der Waals surface area contributed by atoms with E-state index < -0.39 is 0 Å². The van der Waals surface area contributed by atoms with Gasteiger partial charge >= 0.3 is 0 Å². The largest absolute Gasteiger partial charge is 0.317 e. The van der Waals surface area contributed by atoms with E-state index in [1.807, 2.05) is 0 Å². The van der Waals surface area contributed by atoms with Crippen molar-refractivity contribution in [2.45, 2.75) is 50.2 Å². The summed E-state index contributed by atoms with van der Waals surface area (Å²) in [5.74, 6) is 0. The van der Waals surface area contributed by atoms with E-state index >= 15 is 0 Å². The Hall–Kier alpha value is -0.940. The molecular formula is C21H34N4. The van der Waals surface area contributed by atoms with Gasteiger partial charge in [0.25, 0.3) is 0 Å². The molecule has 3 aliphatic rings. The molecular weight excluding hydrogens is 308 g/mol. The number of hydrogen-bond acceptors (Lipinski definition) is 4. The monoisotopic (exact) mass is 342 g/mol. The molecule has 0 spiro atoms. The Balaban J connectivity index is 1.26. The summed E-state index contributed by atoms with van der Waals surface area (Å²) in [6.07, 6.45) is 6.48. The topological polar surface area (TPSA) is 30.5 Å². The molecule has 1 aromatic carbocycles. The van der Waals surface area contributed by atoms with Gasteiger partial charge < -0.3 is 10.6 Å². The number of hydrogen-bond donors (Lipinski definition) is 2. The third-order valence-corrected chi connectivity index (χ3v) is 6.48. The molecule has 0 amide bonds. The van der Waals surface area contributed by atoms with E-state index in [-0.39, 0.29) is 0 Å². The summed E-state index contributed by atoms with van der Waals surface area (Å²) in [5.41, 5.74) is 1.47. The Labute approximate surface area is 153 Å². The van der Waals surface area contributed by atoms with Gasteiger partial charge in [0.05, 0.1) is 0 Å². The Morgan fingerprint density at radius 2 is 1.44 bits per heavy atom. The van der Waals surface area contributed by atoms with Crippen molar-refractivity contribution in [2.24, 2.45) is 0 Å². The van der Waals surface area contributed by atoms with E-state index in [4.69, 9.17) is 0 Å². The number of benzene rings is 1. The number of piperidine rings is 2. The van der Waals surface area contributed by atoms with Crippen LogP contribution in [0.2, 0.25) is 0 Å². The second-order valence-corrected chi connectivity index (χ2v) is 8.07. The number of rotatable bonds is 4. The van der Waals surface area contributed by atoms with Gasteiger partial charge in [-0.25, -0.2) is 0 Å². The van der Waals surface area contributed by atoms with Gasteiger partial charge in [0, 0.05) is 44.3 Å². The maximum Gasteiger partial charge on any atom is 0.0123 e. The van der Waals surface area contributed by atoms with Crippen LogP contribution in [0.15, 0.2) is 30.3 Å². The molecule has 2 N–H and O–H groups in total. The summed E-state index contributed by atoms with van der Waals surface area (Å²) in [4.78, 5) is 5.55. The standard InChI is InChI=1S/C21H34N4/c1-2-4-18(5-3-1)16-19-17-21(8-11-23-19)25-14-12-24(13-15-25)20-6-9-22-10-7-20/h1-5,19-23H,6-17H2. The van der Waals surface area contributed by atoms with Gasteiger partial charge in [-0.2, -0.15) is 0 Å². The van der Waals surface area contributed by atoms with Crippen molar-refractivity contribution in [1.82, 2.24) is 20.4 Å². The zero-order chi connectivity index (χ0) is 16.9. The van der Waals surface area contributed by atoms with Gasteiger partial charge in [0.15, 0.2) is 0 Å². The maximum atomic E-state index is 3.75. The first kappa shape index (κ1) is 17.5. The smallest absolute Gasteiger partial charge is 0.0123 e. The molecule has 2 unspecified atom stereocenters. The first-order valence-corrected chi connectivity index (χ1v) is 10.3. The third-order valence-electron chi connectivity index (χ3n) is 6.48. The molecule has 4 rings (SSSR count). The molecule has 25 heavy (non-hydrogen) atoms. The molecule has 0 bridgehead atoms. The van der Waals surface area contributed by atoms with Crippen LogP contribution in [0.25, 0.3) is 0 Å². The molecule has 4 heteroatoms. The Bertz CT molecular complexity index is 506. The maximum absolute atomic E-state index is 3.75. The average molecular weight is 343 g/mol. The van der Waals surface area contributed by atoms with E-state index in [0.29, 0.717) is 6.04 Å². The van der Waals surface area contributed by atoms with Crippen LogP contribution >= 0.6 is 0 Å². The van der Waals surface area contributed by atoms with Crippen LogP contribution in [0.3, 0.4) is 0 Å². The van der Waals surface area contributed by atoms with Crippen molar-refractivity contribution in [1.29, 1.82) is 0 Å². The molecule has 1 aromatic rings. The molecule has 0 aliphatic carbocycles. The minimum absolute atomic E-state index is 0.642. The summed E-state index contributed by atoms with van der Waals surface area (Å²) >= 11 is 0. The molecule has 0 radical (unpaired) electrons. The normalized spacial score (nSPS) is 30.4. The van der Waals surface area contributed by atoms with Crippen molar-refractivity contribution in [3.05, 3.63) is 35.9 Å². The Morgan fingerprint density at radius 3 is 2.16 bits per heavy atom. The van der Waals surface area contributed by atoms with Crippen molar-refractivity contribution in [3.8, 4) is 0 Å². The van der Waals surface area contributed by atoms with Crippen LogP contribution in [0.4, 0.5) is 0 Å². The number of nitrogens with one attached hydrogen (secondary N) is 2. The summed E-state index contributed by atoms with van der Waals surface area (Å²) in [5, 5.41) is 7.25. The molecule has 0 aromatic heterocycles. The second kappa shape index (κ2) is 8.63. The van der Waals surface area contributed by atoms with Gasteiger partial charge in [-0.3, -0.25) is 9.80 Å². The summed E-state index contributed by atoms with van der Waals surface area (Å²) in [6.45, 7) is 8.69. The summed E-state index contributed by atoms with van der Waals surface area (Å²) in [7, 11) is 0. The van der Waals surface area contributed by atoms with Crippen LogP contribution in [-0.4, -0.2) is 73.7 Å². The Kier molecular flexibility index (Phi) is 6.03. The molecule has 4 nitrogen and oxygen atoms in total. The van der Waals surface area contributed by atoms with Crippen LogP contribution in [0, 0.1) is 0 Å². The van der Waals surface area contributed by atoms with Crippen molar-refractivity contribution in [3.63, 3.8) is 0 Å². The van der Waals surface area contributed by atoms with E-state index in [1.165, 1.54) is 83.5 Å². The van der Waals surface area contributed by atoms with E-state index in [0.717, 1.165) is 12.1 Å². The molecule has 3 saturated heterocycles. The zero-order valence-corrected chi connectivity index (χ0v) is 15.5. The minimum Gasteiger partial charge on any atom is -0.317 e. The van der Waals surface area contributed by atoms with Crippen LogP contribution in [-0.2, 0) is 6.42 Å². The highest BCUT2D eigenvalue weighted by Gasteiger charge is 2.31. The zero-order valence-electron chi connectivity index (χ0n) is 15.5. The first-order valence-electron chi connectivity index (χ1n) is 10.3. The molecule has 3 heterocycles. The fraction of sp³-hybridized carbons (Fsp3) is 0.714. The average Bonchev–Trinajstić information content (AvgIpc) is 2.70. The molecule has 2 atom stereocenters.